The van der Waals surface area contributed by atoms with Gasteiger partial charge in [-0.1, -0.05) is 24.1 Å². The molecular formula is C14H17ClFN. The van der Waals surface area contributed by atoms with E-state index in [0.717, 1.165) is 17.4 Å². The van der Waals surface area contributed by atoms with Crippen molar-refractivity contribution >= 4 is 11.6 Å². The molecule has 92 valence electrons. The molecule has 0 aliphatic heterocycles. The predicted octanol–water partition coefficient (Wildman–Crippen LogP) is 3.76. The second-order valence-electron chi connectivity index (χ2n) is 5.40. The van der Waals surface area contributed by atoms with E-state index < -0.39 is 0 Å². The Morgan fingerprint density at radius 3 is 2.82 bits per heavy atom. The van der Waals surface area contributed by atoms with Crippen LogP contribution in [0, 0.1) is 17.7 Å². The van der Waals surface area contributed by atoms with Gasteiger partial charge in [0, 0.05) is 23.2 Å². The van der Waals surface area contributed by atoms with Crippen molar-refractivity contribution < 1.29 is 4.39 Å². The molecule has 3 atom stereocenters. The SMILES string of the molecule is Fc1cc(Cl)ccc1CNC1CC2CCC1C2. The number of hydrogen-bond donors (Lipinski definition) is 1. The summed E-state index contributed by atoms with van der Waals surface area (Å²) in [5.74, 6) is 1.55. The lowest BCUT2D eigenvalue weighted by atomic mass is 9.95. The third-order valence-corrected chi connectivity index (χ3v) is 4.54. The largest absolute Gasteiger partial charge is 0.310 e. The van der Waals surface area contributed by atoms with Crippen molar-refractivity contribution in [2.75, 3.05) is 0 Å². The van der Waals surface area contributed by atoms with Crippen LogP contribution in [-0.2, 0) is 6.54 Å². The van der Waals surface area contributed by atoms with Crippen LogP contribution in [-0.4, -0.2) is 6.04 Å². The molecule has 0 heterocycles. The molecule has 0 saturated heterocycles. The molecule has 1 N–H and O–H groups in total. The lowest BCUT2D eigenvalue weighted by Crippen LogP contribution is -2.33. The van der Waals surface area contributed by atoms with Gasteiger partial charge < -0.3 is 5.32 Å². The van der Waals surface area contributed by atoms with Gasteiger partial charge in [0.05, 0.1) is 0 Å². The van der Waals surface area contributed by atoms with Crippen LogP contribution in [0.15, 0.2) is 18.2 Å². The second-order valence-corrected chi connectivity index (χ2v) is 5.83. The number of nitrogens with one attached hydrogen (secondary N) is 1. The Labute approximate surface area is 106 Å². The molecule has 1 nitrogen and oxygen atoms in total. The highest BCUT2D eigenvalue weighted by Crippen LogP contribution is 2.44. The molecule has 1 aromatic rings. The number of halogens is 2. The fourth-order valence-electron chi connectivity index (χ4n) is 3.40. The Kier molecular flexibility index (Phi) is 3.10. The van der Waals surface area contributed by atoms with E-state index in [1.54, 1.807) is 12.1 Å². The third kappa shape index (κ3) is 2.34. The van der Waals surface area contributed by atoms with E-state index in [4.69, 9.17) is 11.6 Å². The maximum absolute atomic E-state index is 13.6. The van der Waals surface area contributed by atoms with E-state index >= 15 is 0 Å². The van der Waals surface area contributed by atoms with Gasteiger partial charge in [-0.25, -0.2) is 4.39 Å². The van der Waals surface area contributed by atoms with E-state index in [0.29, 0.717) is 17.6 Å². The molecule has 2 bridgehead atoms. The summed E-state index contributed by atoms with van der Waals surface area (Å²) >= 11 is 5.74. The Bertz CT molecular complexity index is 421. The van der Waals surface area contributed by atoms with Crippen molar-refractivity contribution in [2.24, 2.45) is 11.8 Å². The monoisotopic (exact) mass is 253 g/mol. The normalized spacial score (nSPS) is 31.1. The second kappa shape index (κ2) is 4.58. The highest BCUT2D eigenvalue weighted by molar-refractivity contribution is 6.30. The maximum Gasteiger partial charge on any atom is 0.129 e. The minimum Gasteiger partial charge on any atom is -0.310 e. The Balaban J connectivity index is 1.60. The summed E-state index contributed by atoms with van der Waals surface area (Å²) in [6.07, 6.45) is 5.41. The van der Waals surface area contributed by atoms with Crippen molar-refractivity contribution in [1.29, 1.82) is 0 Å². The topological polar surface area (TPSA) is 12.0 Å². The van der Waals surface area contributed by atoms with Crippen molar-refractivity contribution in [3.8, 4) is 0 Å². The Morgan fingerprint density at radius 1 is 1.29 bits per heavy atom. The minimum atomic E-state index is -0.201. The quantitative estimate of drug-likeness (QED) is 0.865. The van der Waals surface area contributed by atoms with Crippen molar-refractivity contribution in [3.05, 3.63) is 34.6 Å². The summed E-state index contributed by atoms with van der Waals surface area (Å²) in [6.45, 7) is 0.622. The highest BCUT2D eigenvalue weighted by Gasteiger charge is 2.38. The zero-order valence-electron chi connectivity index (χ0n) is 9.76. The van der Waals surface area contributed by atoms with Crippen LogP contribution >= 0.6 is 11.6 Å². The average Bonchev–Trinajstić information content (AvgIpc) is 2.89. The molecule has 2 aliphatic rings. The van der Waals surface area contributed by atoms with Gasteiger partial charge in [0.25, 0.3) is 0 Å². The lowest BCUT2D eigenvalue weighted by molar-refractivity contribution is 0.349. The van der Waals surface area contributed by atoms with E-state index in [2.05, 4.69) is 5.32 Å². The maximum atomic E-state index is 13.6. The van der Waals surface area contributed by atoms with Gasteiger partial charge in [-0.2, -0.15) is 0 Å². The van der Waals surface area contributed by atoms with Crippen LogP contribution < -0.4 is 5.32 Å². The Hall–Kier alpha value is -0.600. The predicted molar refractivity (Wildman–Crippen MR) is 67.5 cm³/mol. The molecule has 3 unspecified atom stereocenters. The van der Waals surface area contributed by atoms with Gasteiger partial charge in [0.15, 0.2) is 0 Å². The first kappa shape index (κ1) is 11.5. The zero-order valence-corrected chi connectivity index (χ0v) is 10.5. The molecule has 3 heteroatoms. The van der Waals surface area contributed by atoms with Gasteiger partial charge in [0.1, 0.15) is 5.82 Å². The summed E-state index contributed by atoms with van der Waals surface area (Å²) in [5, 5.41) is 3.97. The Morgan fingerprint density at radius 2 is 2.18 bits per heavy atom. The fourth-order valence-corrected chi connectivity index (χ4v) is 3.56. The van der Waals surface area contributed by atoms with Gasteiger partial charge in [-0.15, -0.1) is 0 Å². The summed E-state index contributed by atoms with van der Waals surface area (Å²) < 4.78 is 13.6. The molecule has 0 spiro atoms. The molecule has 17 heavy (non-hydrogen) atoms. The average molecular weight is 254 g/mol. The standard InChI is InChI=1S/C14H17ClFN/c15-12-4-3-11(13(16)7-12)8-17-14-6-9-1-2-10(14)5-9/h3-4,7,9-10,14,17H,1-2,5-6,8H2. The molecule has 2 fully saturated rings. The van der Waals surface area contributed by atoms with Crippen LogP contribution in [0.25, 0.3) is 0 Å². The van der Waals surface area contributed by atoms with Crippen molar-refractivity contribution in [1.82, 2.24) is 5.32 Å². The number of benzene rings is 1. The van der Waals surface area contributed by atoms with E-state index in [9.17, 15) is 4.39 Å². The van der Waals surface area contributed by atoms with E-state index in [1.807, 2.05) is 0 Å². The highest BCUT2D eigenvalue weighted by atomic mass is 35.5. The van der Waals surface area contributed by atoms with Crippen LogP contribution in [0.3, 0.4) is 0 Å². The van der Waals surface area contributed by atoms with E-state index in [1.165, 1.54) is 31.7 Å². The van der Waals surface area contributed by atoms with Gasteiger partial charge in [-0.05, 0) is 43.2 Å². The third-order valence-electron chi connectivity index (χ3n) is 4.31. The van der Waals surface area contributed by atoms with Crippen LogP contribution in [0.2, 0.25) is 5.02 Å². The zero-order chi connectivity index (χ0) is 11.8. The number of fused-ring (bicyclic) bond motifs is 2. The molecular weight excluding hydrogens is 237 g/mol. The molecule has 2 saturated carbocycles. The summed E-state index contributed by atoms with van der Waals surface area (Å²) in [4.78, 5) is 0. The van der Waals surface area contributed by atoms with Crippen LogP contribution in [0.4, 0.5) is 4.39 Å². The van der Waals surface area contributed by atoms with Crippen LogP contribution in [0.1, 0.15) is 31.2 Å². The van der Waals surface area contributed by atoms with Gasteiger partial charge >= 0.3 is 0 Å². The summed E-state index contributed by atoms with van der Waals surface area (Å²) in [5.41, 5.74) is 0.720. The molecule has 0 amide bonds. The van der Waals surface area contributed by atoms with Crippen LogP contribution in [0.5, 0.6) is 0 Å². The minimum absolute atomic E-state index is 0.201. The summed E-state index contributed by atoms with van der Waals surface area (Å²) in [7, 11) is 0. The molecule has 2 aliphatic carbocycles. The first-order valence-electron chi connectivity index (χ1n) is 6.39. The smallest absolute Gasteiger partial charge is 0.129 e. The van der Waals surface area contributed by atoms with E-state index in [-0.39, 0.29) is 5.82 Å². The first-order valence-corrected chi connectivity index (χ1v) is 6.77. The lowest BCUT2D eigenvalue weighted by Gasteiger charge is -2.23. The summed E-state index contributed by atoms with van der Waals surface area (Å²) in [6, 6.07) is 5.52. The molecule has 0 radical (unpaired) electrons. The molecule has 3 rings (SSSR count). The van der Waals surface area contributed by atoms with Crippen molar-refractivity contribution in [2.45, 2.75) is 38.3 Å². The molecule has 1 aromatic carbocycles. The molecule has 0 aromatic heterocycles. The van der Waals surface area contributed by atoms with Gasteiger partial charge in [-0.3, -0.25) is 0 Å². The number of hydrogen-bond acceptors (Lipinski definition) is 1. The van der Waals surface area contributed by atoms with Crippen molar-refractivity contribution in [3.63, 3.8) is 0 Å². The van der Waals surface area contributed by atoms with Gasteiger partial charge in [0.2, 0.25) is 0 Å². The fraction of sp³-hybridized carbons (Fsp3) is 0.571. The first-order chi connectivity index (χ1) is 8.22. The number of rotatable bonds is 3.